The zero-order chi connectivity index (χ0) is 15.0. The molecule has 0 aliphatic rings. The van der Waals surface area contributed by atoms with E-state index in [0.717, 1.165) is 5.56 Å². The third-order valence-corrected chi connectivity index (χ3v) is 2.79. The summed E-state index contributed by atoms with van der Waals surface area (Å²) >= 11 is 0. The summed E-state index contributed by atoms with van der Waals surface area (Å²) in [5, 5.41) is 5.64. The Morgan fingerprint density at radius 2 is 1.85 bits per heavy atom. The number of hydrogen-bond donors (Lipinski definition) is 2. The normalized spacial score (nSPS) is 13.3. The molecule has 0 bridgehead atoms. The molecule has 2 atom stereocenters. The zero-order valence-corrected chi connectivity index (χ0v) is 12.2. The van der Waals surface area contributed by atoms with Crippen molar-refractivity contribution in [3.8, 4) is 0 Å². The predicted octanol–water partition coefficient (Wildman–Crippen LogP) is 1.41. The van der Waals surface area contributed by atoms with Gasteiger partial charge in [0.15, 0.2) is 0 Å². The second kappa shape index (κ2) is 8.32. The molecule has 5 heteroatoms. The van der Waals surface area contributed by atoms with Crippen molar-refractivity contribution in [2.45, 2.75) is 32.4 Å². The summed E-state index contributed by atoms with van der Waals surface area (Å²) in [4.78, 5) is 23.2. The standard InChI is InChI=1S/C15H22N2O3/c1-11(10-20-3)16-15(19)9-14(17-12(2)18)13-7-5-4-6-8-13/h4-8,11,14H,9-10H2,1-3H3,(H,16,19)(H,17,18). The molecule has 0 aromatic heterocycles. The van der Waals surface area contributed by atoms with Gasteiger partial charge in [-0.1, -0.05) is 30.3 Å². The largest absolute Gasteiger partial charge is 0.383 e. The molecule has 1 aromatic carbocycles. The molecule has 2 unspecified atom stereocenters. The Morgan fingerprint density at radius 1 is 1.20 bits per heavy atom. The number of amides is 2. The van der Waals surface area contributed by atoms with E-state index in [1.54, 1.807) is 7.11 Å². The molecule has 0 spiro atoms. The third-order valence-electron chi connectivity index (χ3n) is 2.79. The van der Waals surface area contributed by atoms with Crippen molar-refractivity contribution >= 4 is 11.8 Å². The van der Waals surface area contributed by atoms with Crippen LogP contribution in [0.2, 0.25) is 0 Å². The summed E-state index contributed by atoms with van der Waals surface area (Å²) in [5.74, 6) is -0.270. The Hall–Kier alpha value is -1.88. The lowest BCUT2D eigenvalue weighted by Gasteiger charge is -2.19. The summed E-state index contributed by atoms with van der Waals surface area (Å²) in [6.45, 7) is 3.78. The van der Waals surface area contributed by atoms with Gasteiger partial charge in [-0.15, -0.1) is 0 Å². The van der Waals surface area contributed by atoms with Gasteiger partial charge in [-0.3, -0.25) is 9.59 Å². The topological polar surface area (TPSA) is 67.4 Å². The summed E-state index contributed by atoms with van der Waals surface area (Å²) in [6.07, 6.45) is 0.206. The lowest BCUT2D eigenvalue weighted by molar-refractivity contribution is -0.123. The molecule has 1 aromatic rings. The Morgan fingerprint density at radius 3 is 2.40 bits per heavy atom. The summed E-state index contributed by atoms with van der Waals surface area (Å²) in [6, 6.07) is 9.09. The second-order valence-corrected chi connectivity index (χ2v) is 4.79. The van der Waals surface area contributed by atoms with Gasteiger partial charge >= 0.3 is 0 Å². The molecule has 5 nitrogen and oxygen atoms in total. The minimum Gasteiger partial charge on any atom is -0.383 e. The number of carbonyl (C=O) groups excluding carboxylic acids is 2. The maximum Gasteiger partial charge on any atom is 0.222 e. The Balaban J connectivity index is 2.66. The SMILES string of the molecule is COCC(C)NC(=O)CC(NC(C)=O)c1ccccc1. The van der Waals surface area contributed by atoms with Crippen LogP contribution in [0.4, 0.5) is 0 Å². The molecule has 0 saturated carbocycles. The minimum absolute atomic E-state index is 0.0544. The first-order chi connectivity index (χ1) is 9.52. The fourth-order valence-electron chi connectivity index (χ4n) is 1.99. The van der Waals surface area contributed by atoms with E-state index in [9.17, 15) is 9.59 Å². The highest BCUT2D eigenvalue weighted by Crippen LogP contribution is 2.16. The maximum atomic E-state index is 12.0. The van der Waals surface area contributed by atoms with Crippen LogP contribution in [-0.4, -0.2) is 31.6 Å². The van der Waals surface area contributed by atoms with Gasteiger partial charge in [0.1, 0.15) is 0 Å². The maximum absolute atomic E-state index is 12.0. The molecule has 0 aliphatic carbocycles. The molecule has 1 rings (SSSR count). The van der Waals surface area contributed by atoms with Crippen LogP contribution in [-0.2, 0) is 14.3 Å². The molecule has 0 aliphatic heterocycles. The van der Waals surface area contributed by atoms with Crippen LogP contribution in [0.15, 0.2) is 30.3 Å². The van der Waals surface area contributed by atoms with Crippen molar-refractivity contribution in [3.63, 3.8) is 0 Å². The van der Waals surface area contributed by atoms with Crippen LogP contribution in [0.5, 0.6) is 0 Å². The van der Waals surface area contributed by atoms with Gasteiger partial charge in [-0.05, 0) is 12.5 Å². The van der Waals surface area contributed by atoms with Crippen LogP contribution >= 0.6 is 0 Å². The van der Waals surface area contributed by atoms with Crippen LogP contribution in [0, 0.1) is 0 Å². The van der Waals surface area contributed by atoms with Crippen LogP contribution in [0.3, 0.4) is 0 Å². The fourth-order valence-corrected chi connectivity index (χ4v) is 1.99. The monoisotopic (exact) mass is 278 g/mol. The average molecular weight is 278 g/mol. The highest BCUT2D eigenvalue weighted by atomic mass is 16.5. The van der Waals surface area contributed by atoms with Gasteiger partial charge in [-0.2, -0.15) is 0 Å². The molecule has 0 saturated heterocycles. The van der Waals surface area contributed by atoms with E-state index in [1.807, 2.05) is 37.3 Å². The van der Waals surface area contributed by atoms with Gasteiger partial charge in [0, 0.05) is 20.1 Å². The number of hydrogen-bond acceptors (Lipinski definition) is 3. The predicted molar refractivity (Wildman–Crippen MR) is 77.1 cm³/mol. The van der Waals surface area contributed by atoms with Crippen LogP contribution < -0.4 is 10.6 Å². The summed E-state index contributed by atoms with van der Waals surface area (Å²) in [7, 11) is 1.59. The Labute approximate surface area is 119 Å². The molecule has 0 heterocycles. The van der Waals surface area contributed by atoms with Crippen LogP contribution in [0.1, 0.15) is 31.9 Å². The number of methoxy groups -OCH3 is 1. The van der Waals surface area contributed by atoms with Crippen molar-refractivity contribution in [2.75, 3.05) is 13.7 Å². The smallest absolute Gasteiger partial charge is 0.222 e. The van der Waals surface area contributed by atoms with Crippen molar-refractivity contribution in [3.05, 3.63) is 35.9 Å². The number of benzene rings is 1. The van der Waals surface area contributed by atoms with E-state index in [4.69, 9.17) is 4.74 Å². The highest BCUT2D eigenvalue weighted by molar-refractivity contribution is 5.79. The molecule has 2 N–H and O–H groups in total. The van der Waals surface area contributed by atoms with Crippen molar-refractivity contribution < 1.29 is 14.3 Å². The molecule has 20 heavy (non-hydrogen) atoms. The summed E-state index contributed by atoms with van der Waals surface area (Å²) < 4.78 is 4.97. The number of rotatable bonds is 7. The fraction of sp³-hybridized carbons (Fsp3) is 0.467. The first-order valence-corrected chi connectivity index (χ1v) is 6.63. The molecule has 0 radical (unpaired) electrons. The van der Waals surface area contributed by atoms with E-state index >= 15 is 0 Å². The van der Waals surface area contributed by atoms with Gasteiger partial charge in [0.05, 0.1) is 19.1 Å². The molecule has 110 valence electrons. The Kier molecular flexibility index (Phi) is 6.73. The van der Waals surface area contributed by atoms with Gasteiger partial charge in [0.25, 0.3) is 0 Å². The second-order valence-electron chi connectivity index (χ2n) is 4.79. The van der Waals surface area contributed by atoms with Gasteiger partial charge < -0.3 is 15.4 Å². The van der Waals surface area contributed by atoms with Crippen LogP contribution in [0.25, 0.3) is 0 Å². The van der Waals surface area contributed by atoms with Gasteiger partial charge in [-0.25, -0.2) is 0 Å². The average Bonchev–Trinajstić information content (AvgIpc) is 2.38. The summed E-state index contributed by atoms with van der Waals surface area (Å²) in [5.41, 5.74) is 0.914. The first-order valence-electron chi connectivity index (χ1n) is 6.63. The number of carbonyl (C=O) groups is 2. The minimum atomic E-state index is -0.316. The molecular weight excluding hydrogens is 256 g/mol. The molecule has 2 amide bonds. The lowest BCUT2D eigenvalue weighted by Crippen LogP contribution is -2.38. The third kappa shape index (κ3) is 5.84. The van der Waals surface area contributed by atoms with Crippen molar-refractivity contribution in [1.29, 1.82) is 0 Å². The highest BCUT2D eigenvalue weighted by Gasteiger charge is 2.17. The molecular formula is C15H22N2O3. The van der Waals surface area contributed by atoms with E-state index in [1.165, 1.54) is 6.92 Å². The lowest BCUT2D eigenvalue weighted by atomic mass is 10.0. The molecule has 0 fully saturated rings. The zero-order valence-electron chi connectivity index (χ0n) is 12.2. The Bertz CT molecular complexity index is 434. The first kappa shape index (κ1) is 16.2. The van der Waals surface area contributed by atoms with E-state index in [0.29, 0.717) is 6.61 Å². The van der Waals surface area contributed by atoms with Crippen molar-refractivity contribution in [1.82, 2.24) is 10.6 Å². The van der Waals surface area contributed by atoms with E-state index in [-0.39, 0.29) is 30.3 Å². The van der Waals surface area contributed by atoms with Crippen molar-refractivity contribution in [2.24, 2.45) is 0 Å². The van der Waals surface area contributed by atoms with Gasteiger partial charge in [0.2, 0.25) is 11.8 Å². The van der Waals surface area contributed by atoms with E-state index < -0.39 is 0 Å². The van der Waals surface area contributed by atoms with E-state index in [2.05, 4.69) is 10.6 Å². The number of nitrogens with one attached hydrogen (secondary N) is 2. The number of ether oxygens (including phenoxy) is 1. The quantitative estimate of drug-likeness (QED) is 0.792.